The Morgan fingerprint density at radius 2 is 1.55 bits per heavy atom. The van der Waals surface area contributed by atoms with Gasteiger partial charge in [-0.2, -0.15) is 10.2 Å². The molecule has 0 unspecified atom stereocenters. The number of amidine groups is 2. The van der Waals surface area contributed by atoms with Gasteiger partial charge in [0.2, 0.25) is 0 Å². The summed E-state index contributed by atoms with van der Waals surface area (Å²) in [5, 5.41) is 6.65. The van der Waals surface area contributed by atoms with Crippen molar-refractivity contribution in [2.24, 2.45) is 27.5 Å². The predicted octanol–water partition coefficient (Wildman–Crippen LogP) is -1.26. The molecule has 0 aromatic carbocycles. The molecular formula is C5H16N6. The van der Waals surface area contributed by atoms with Crippen molar-refractivity contribution in [2.45, 2.75) is 13.8 Å². The third kappa shape index (κ3) is 29.1. The Morgan fingerprint density at radius 1 is 1.18 bits per heavy atom. The molecule has 0 bridgehead atoms. The molecule has 0 saturated heterocycles. The molecule has 0 rings (SSSR count). The third-order valence-corrected chi connectivity index (χ3v) is 0.492. The Labute approximate surface area is 66.5 Å². The number of hydrogen-bond acceptors (Lipinski definition) is 4. The number of hydrogen-bond donors (Lipinski definition) is 4. The molecule has 0 amide bonds. The van der Waals surface area contributed by atoms with Gasteiger partial charge in [0.1, 0.15) is 11.7 Å². The van der Waals surface area contributed by atoms with Crippen LogP contribution in [0.2, 0.25) is 0 Å². The van der Waals surface area contributed by atoms with Gasteiger partial charge in [-0.3, -0.25) is 0 Å². The second kappa shape index (κ2) is 8.54. The van der Waals surface area contributed by atoms with E-state index in [2.05, 4.69) is 21.5 Å². The summed E-state index contributed by atoms with van der Waals surface area (Å²) in [5.74, 6) is 5.59. The lowest BCUT2D eigenvalue weighted by atomic mass is 10.7. The van der Waals surface area contributed by atoms with Crippen LogP contribution in [0.4, 0.5) is 0 Å². The summed E-state index contributed by atoms with van der Waals surface area (Å²) in [7, 11) is 1.70. The van der Waals surface area contributed by atoms with Crippen LogP contribution in [-0.4, -0.2) is 18.7 Å². The fourth-order valence-electron chi connectivity index (χ4n) is 0.176. The van der Waals surface area contributed by atoms with Crippen molar-refractivity contribution in [1.82, 2.24) is 5.43 Å². The minimum atomic E-state index is 0.407. The van der Waals surface area contributed by atoms with Gasteiger partial charge in [-0.1, -0.05) is 0 Å². The van der Waals surface area contributed by atoms with E-state index in [0.717, 1.165) is 0 Å². The van der Waals surface area contributed by atoms with E-state index < -0.39 is 0 Å². The number of hydrazone groups is 2. The fourth-order valence-corrected chi connectivity index (χ4v) is 0.176. The quantitative estimate of drug-likeness (QED) is 0.166. The van der Waals surface area contributed by atoms with Crippen LogP contribution in [0.25, 0.3) is 0 Å². The smallest absolute Gasteiger partial charge is 0.116 e. The van der Waals surface area contributed by atoms with Gasteiger partial charge in [0, 0.05) is 7.05 Å². The van der Waals surface area contributed by atoms with Crippen molar-refractivity contribution in [3.63, 3.8) is 0 Å². The molecule has 0 fully saturated rings. The van der Waals surface area contributed by atoms with Crippen molar-refractivity contribution in [3.8, 4) is 0 Å². The van der Waals surface area contributed by atoms with Crippen LogP contribution >= 0.6 is 0 Å². The Hall–Kier alpha value is -1.46. The first-order valence-electron chi connectivity index (χ1n) is 3.01. The predicted molar refractivity (Wildman–Crippen MR) is 47.8 cm³/mol. The first-order valence-corrected chi connectivity index (χ1v) is 3.01. The molecule has 0 aliphatic rings. The van der Waals surface area contributed by atoms with E-state index in [4.69, 9.17) is 11.5 Å². The summed E-state index contributed by atoms with van der Waals surface area (Å²) in [6.45, 7) is 3.34. The highest BCUT2D eigenvalue weighted by Crippen LogP contribution is 1.53. The van der Waals surface area contributed by atoms with Gasteiger partial charge in [0.05, 0.1) is 0 Å². The van der Waals surface area contributed by atoms with E-state index in [1.807, 2.05) is 0 Å². The highest BCUT2D eigenvalue weighted by molar-refractivity contribution is 5.77. The highest BCUT2D eigenvalue weighted by Gasteiger charge is 1.66. The number of nitrogens with zero attached hydrogens (tertiary/aromatic N) is 2. The molecule has 66 valence electrons. The lowest BCUT2D eigenvalue weighted by Gasteiger charge is -1.85. The molecule has 0 aliphatic carbocycles. The molecule has 0 saturated carbocycles. The maximum absolute atomic E-state index is 5.09. The Kier molecular flexibility index (Phi) is 9.50. The fraction of sp³-hybridized carbons (Fsp3) is 0.600. The maximum Gasteiger partial charge on any atom is 0.116 e. The van der Waals surface area contributed by atoms with Crippen molar-refractivity contribution >= 4 is 11.7 Å². The van der Waals surface area contributed by atoms with Crippen molar-refractivity contribution in [3.05, 3.63) is 0 Å². The first kappa shape index (κ1) is 12.2. The summed E-state index contributed by atoms with van der Waals surface area (Å²) in [5.41, 5.74) is 12.5. The van der Waals surface area contributed by atoms with Crippen molar-refractivity contribution in [1.29, 1.82) is 0 Å². The molecule has 11 heavy (non-hydrogen) atoms. The molecule has 6 heteroatoms. The SMILES string of the molecule is CC(N)=NN.CNN=C(C)N. The number of rotatable bonds is 1. The zero-order valence-electron chi connectivity index (χ0n) is 7.13. The van der Waals surface area contributed by atoms with Crippen LogP contribution in [0, 0.1) is 0 Å². The lowest BCUT2D eigenvalue weighted by Crippen LogP contribution is -2.10. The summed E-state index contributed by atoms with van der Waals surface area (Å²) in [4.78, 5) is 0. The molecule has 0 atom stereocenters. The molecule has 0 aliphatic heterocycles. The van der Waals surface area contributed by atoms with Gasteiger partial charge in [-0.25, -0.2) is 0 Å². The van der Waals surface area contributed by atoms with Crippen LogP contribution in [-0.2, 0) is 0 Å². The third-order valence-electron chi connectivity index (χ3n) is 0.492. The van der Waals surface area contributed by atoms with Crippen LogP contribution in [0.5, 0.6) is 0 Å². The Bertz CT molecular complexity index is 130. The minimum absolute atomic E-state index is 0.407. The van der Waals surface area contributed by atoms with Gasteiger partial charge < -0.3 is 22.7 Å². The van der Waals surface area contributed by atoms with Gasteiger partial charge in [-0.05, 0) is 13.8 Å². The van der Waals surface area contributed by atoms with Crippen LogP contribution < -0.4 is 22.7 Å². The topological polar surface area (TPSA) is 115 Å². The second-order valence-electron chi connectivity index (χ2n) is 1.75. The zero-order chi connectivity index (χ0) is 9.28. The molecule has 0 aromatic heterocycles. The van der Waals surface area contributed by atoms with E-state index >= 15 is 0 Å². The Morgan fingerprint density at radius 3 is 1.55 bits per heavy atom. The molecule has 0 heterocycles. The van der Waals surface area contributed by atoms with Crippen molar-refractivity contribution < 1.29 is 0 Å². The van der Waals surface area contributed by atoms with Gasteiger partial charge in [-0.15, -0.1) is 0 Å². The largest absolute Gasteiger partial charge is 0.386 e. The first-order chi connectivity index (χ1) is 5.04. The molecule has 6 nitrogen and oxygen atoms in total. The molecule has 0 radical (unpaired) electrons. The number of nitrogens with one attached hydrogen (secondary N) is 1. The van der Waals surface area contributed by atoms with Crippen molar-refractivity contribution in [2.75, 3.05) is 7.05 Å². The lowest BCUT2D eigenvalue weighted by molar-refractivity contribution is 0.896. The minimum Gasteiger partial charge on any atom is -0.386 e. The molecule has 7 N–H and O–H groups in total. The average molecular weight is 160 g/mol. The summed E-state index contributed by atoms with van der Waals surface area (Å²) in [6, 6.07) is 0. The van der Waals surface area contributed by atoms with E-state index in [9.17, 15) is 0 Å². The summed E-state index contributed by atoms with van der Waals surface area (Å²) >= 11 is 0. The highest BCUT2D eigenvalue weighted by atomic mass is 15.3. The van der Waals surface area contributed by atoms with E-state index in [1.54, 1.807) is 20.9 Å². The van der Waals surface area contributed by atoms with Crippen LogP contribution in [0.3, 0.4) is 0 Å². The standard InChI is InChI=1S/C3H9N3.C2H7N3/c1-3(4)6-5-2;1-2(3)5-4/h5H,1-2H3,(H2,4,6);4H2,1H3,(H2,3,5). The molecule has 0 aromatic rings. The van der Waals surface area contributed by atoms with Crippen LogP contribution in [0.1, 0.15) is 13.8 Å². The van der Waals surface area contributed by atoms with Gasteiger partial charge >= 0.3 is 0 Å². The summed E-state index contributed by atoms with van der Waals surface area (Å²) in [6.07, 6.45) is 0. The van der Waals surface area contributed by atoms with Gasteiger partial charge in [0.25, 0.3) is 0 Å². The van der Waals surface area contributed by atoms with E-state index in [0.29, 0.717) is 11.7 Å². The summed E-state index contributed by atoms with van der Waals surface area (Å²) < 4.78 is 0. The van der Waals surface area contributed by atoms with Crippen LogP contribution in [0.15, 0.2) is 10.2 Å². The molecular weight excluding hydrogens is 144 g/mol. The monoisotopic (exact) mass is 160 g/mol. The molecule has 0 spiro atoms. The van der Waals surface area contributed by atoms with E-state index in [-0.39, 0.29) is 0 Å². The van der Waals surface area contributed by atoms with E-state index in [1.165, 1.54) is 0 Å². The number of nitrogens with two attached hydrogens (primary N) is 3. The van der Waals surface area contributed by atoms with Gasteiger partial charge in [0.15, 0.2) is 0 Å². The normalized spacial score (nSPS) is 11.5. The average Bonchev–Trinajstić information content (AvgIpc) is 1.89. The second-order valence-corrected chi connectivity index (χ2v) is 1.75. The zero-order valence-corrected chi connectivity index (χ0v) is 7.13. The maximum atomic E-state index is 5.09. The Balaban J connectivity index is 0.